The molecule has 1 aliphatic rings. The van der Waals surface area contributed by atoms with Crippen LogP contribution in [0.15, 0.2) is 35.5 Å². The van der Waals surface area contributed by atoms with Crippen LogP contribution in [0.5, 0.6) is 0 Å². The number of amides is 2. The first-order valence-electron chi connectivity index (χ1n) is 6.73. The number of carbonyl (C=O) groups is 2. The van der Waals surface area contributed by atoms with E-state index in [9.17, 15) is 9.59 Å². The molecular formula is C15H17ClN2O3. The van der Waals surface area contributed by atoms with Gasteiger partial charge in [0.15, 0.2) is 0 Å². The number of esters is 1. The van der Waals surface area contributed by atoms with Crippen molar-refractivity contribution in [3.63, 3.8) is 0 Å². The van der Waals surface area contributed by atoms with E-state index < -0.39 is 12.0 Å². The van der Waals surface area contributed by atoms with Crippen molar-refractivity contribution in [3.05, 3.63) is 46.1 Å². The normalized spacial score (nSPS) is 18.0. The molecule has 1 aromatic rings. The van der Waals surface area contributed by atoms with Crippen molar-refractivity contribution in [2.45, 2.75) is 26.3 Å². The molecule has 112 valence electrons. The predicted molar refractivity (Wildman–Crippen MR) is 79.8 cm³/mol. The Kier molecular flexibility index (Phi) is 4.85. The topological polar surface area (TPSA) is 67.4 Å². The van der Waals surface area contributed by atoms with Gasteiger partial charge in [-0.1, -0.05) is 30.7 Å². The zero-order valence-electron chi connectivity index (χ0n) is 11.9. The molecule has 0 bridgehead atoms. The second-order valence-corrected chi connectivity index (χ2v) is 5.20. The Morgan fingerprint density at radius 3 is 2.86 bits per heavy atom. The maximum atomic E-state index is 12.2. The van der Waals surface area contributed by atoms with Crippen LogP contribution in [0.2, 0.25) is 5.02 Å². The highest BCUT2D eigenvalue weighted by molar-refractivity contribution is 6.30. The van der Waals surface area contributed by atoms with Gasteiger partial charge in [-0.3, -0.25) is 0 Å². The Balaban J connectivity index is 2.38. The van der Waals surface area contributed by atoms with E-state index in [-0.39, 0.29) is 6.03 Å². The minimum Gasteiger partial charge on any atom is -0.462 e. The van der Waals surface area contributed by atoms with Crippen LogP contribution in [0.4, 0.5) is 4.79 Å². The van der Waals surface area contributed by atoms with Crippen LogP contribution in [0.1, 0.15) is 31.9 Å². The summed E-state index contributed by atoms with van der Waals surface area (Å²) >= 11 is 5.99. The summed E-state index contributed by atoms with van der Waals surface area (Å²) in [5.41, 5.74) is 1.62. The summed E-state index contributed by atoms with van der Waals surface area (Å²) in [6.07, 6.45) is 0.736. The van der Waals surface area contributed by atoms with Crippen LogP contribution in [0, 0.1) is 0 Å². The molecule has 0 spiro atoms. The molecule has 1 aromatic carbocycles. The molecule has 21 heavy (non-hydrogen) atoms. The third-order valence-corrected chi connectivity index (χ3v) is 3.34. The van der Waals surface area contributed by atoms with Gasteiger partial charge >= 0.3 is 12.0 Å². The monoisotopic (exact) mass is 308 g/mol. The molecule has 2 N–H and O–H groups in total. The van der Waals surface area contributed by atoms with E-state index in [2.05, 4.69) is 10.6 Å². The van der Waals surface area contributed by atoms with Crippen molar-refractivity contribution >= 4 is 23.6 Å². The number of ether oxygens (including phenoxy) is 1. The van der Waals surface area contributed by atoms with Crippen molar-refractivity contribution < 1.29 is 14.3 Å². The lowest BCUT2D eigenvalue weighted by atomic mass is 9.95. The number of hydrogen-bond acceptors (Lipinski definition) is 3. The second kappa shape index (κ2) is 6.63. The Labute approximate surface area is 128 Å². The Bertz CT molecular complexity index is 598. The fourth-order valence-corrected chi connectivity index (χ4v) is 2.37. The molecule has 0 aliphatic carbocycles. The lowest BCUT2D eigenvalue weighted by molar-refractivity contribution is -0.139. The van der Waals surface area contributed by atoms with Gasteiger partial charge in [-0.2, -0.15) is 0 Å². The summed E-state index contributed by atoms with van der Waals surface area (Å²) in [6.45, 7) is 3.94. The van der Waals surface area contributed by atoms with E-state index in [1.807, 2.05) is 13.0 Å². The van der Waals surface area contributed by atoms with Crippen LogP contribution in [0.25, 0.3) is 0 Å². The van der Waals surface area contributed by atoms with Gasteiger partial charge in [0.1, 0.15) is 0 Å². The molecule has 1 atom stereocenters. The highest BCUT2D eigenvalue weighted by Crippen LogP contribution is 2.28. The molecule has 1 heterocycles. The number of urea groups is 1. The zero-order valence-corrected chi connectivity index (χ0v) is 12.7. The van der Waals surface area contributed by atoms with Gasteiger partial charge in [0, 0.05) is 10.7 Å². The average molecular weight is 309 g/mol. The number of benzene rings is 1. The molecule has 5 nitrogen and oxygen atoms in total. The number of halogens is 1. The maximum Gasteiger partial charge on any atom is 0.338 e. The van der Waals surface area contributed by atoms with Gasteiger partial charge in [0.2, 0.25) is 0 Å². The maximum absolute atomic E-state index is 12.2. The lowest BCUT2D eigenvalue weighted by Gasteiger charge is -2.28. The van der Waals surface area contributed by atoms with E-state index in [1.54, 1.807) is 25.1 Å². The molecule has 6 heteroatoms. The number of carbonyl (C=O) groups excluding carboxylic acids is 2. The van der Waals surface area contributed by atoms with Crippen LogP contribution >= 0.6 is 11.6 Å². The SMILES string of the molecule is CCCOC(=O)C1=C(C)NC(=O)N[C@H]1c1cccc(Cl)c1. The summed E-state index contributed by atoms with van der Waals surface area (Å²) in [5, 5.41) is 5.87. The summed E-state index contributed by atoms with van der Waals surface area (Å²) in [5.74, 6) is -0.438. The zero-order chi connectivity index (χ0) is 15.4. The largest absolute Gasteiger partial charge is 0.462 e. The summed E-state index contributed by atoms with van der Waals surface area (Å²) < 4.78 is 5.20. The standard InChI is InChI=1S/C15H17ClN2O3/c1-3-7-21-14(19)12-9(2)17-15(20)18-13(12)10-5-4-6-11(16)8-10/h4-6,8,13H,3,7H2,1-2H3,(H2,17,18,20)/t13-/m0/s1. The smallest absolute Gasteiger partial charge is 0.338 e. The van der Waals surface area contributed by atoms with Gasteiger partial charge < -0.3 is 15.4 Å². The van der Waals surface area contributed by atoms with Crippen molar-refractivity contribution in [2.24, 2.45) is 0 Å². The first-order valence-corrected chi connectivity index (χ1v) is 7.11. The molecule has 2 amide bonds. The fourth-order valence-electron chi connectivity index (χ4n) is 2.17. The Hall–Kier alpha value is -2.01. The molecule has 0 aromatic heterocycles. The van der Waals surface area contributed by atoms with Crippen LogP contribution in [0.3, 0.4) is 0 Å². The quantitative estimate of drug-likeness (QED) is 0.840. The Morgan fingerprint density at radius 1 is 1.43 bits per heavy atom. The van der Waals surface area contributed by atoms with Gasteiger partial charge in [0.05, 0.1) is 18.2 Å². The summed E-state index contributed by atoms with van der Waals surface area (Å²) in [4.78, 5) is 23.9. The van der Waals surface area contributed by atoms with Crippen molar-refractivity contribution in [3.8, 4) is 0 Å². The third kappa shape index (κ3) is 3.55. The number of nitrogens with one attached hydrogen (secondary N) is 2. The summed E-state index contributed by atoms with van der Waals surface area (Å²) in [6, 6.07) is 6.11. The second-order valence-electron chi connectivity index (χ2n) is 4.76. The van der Waals surface area contributed by atoms with Gasteiger partial charge in [-0.05, 0) is 31.0 Å². The van der Waals surface area contributed by atoms with Crippen molar-refractivity contribution in [1.82, 2.24) is 10.6 Å². The molecular weight excluding hydrogens is 292 g/mol. The molecule has 0 saturated heterocycles. The minimum atomic E-state index is -0.568. The van der Waals surface area contributed by atoms with E-state index in [0.29, 0.717) is 22.9 Å². The highest BCUT2D eigenvalue weighted by atomic mass is 35.5. The van der Waals surface area contributed by atoms with Crippen LogP contribution in [-0.4, -0.2) is 18.6 Å². The van der Waals surface area contributed by atoms with Crippen LogP contribution < -0.4 is 10.6 Å². The molecule has 0 fully saturated rings. The van der Waals surface area contributed by atoms with E-state index in [4.69, 9.17) is 16.3 Å². The van der Waals surface area contributed by atoms with Crippen molar-refractivity contribution in [2.75, 3.05) is 6.61 Å². The fraction of sp³-hybridized carbons (Fsp3) is 0.333. The summed E-state index contributed by atoms with van der Waals surface area (Å²) in [7, 11) is 0. The van der Waals surface area contributed by atoms with E-state index in [1.165, 1.54) is 0 Å². The molecule has 1 aliphatic heterocycles. The molecule has 2 rings (SSSR count). The molecule has 0 unspecified atom stereocenters. The number of hydrogen-bond donors (Lipinski definition) is 2. The van der Waals surface area contributed by atoms with E-state index >= 15 is 0 Å². The average Bonchev–Trinajstić information content (AvgIpc) is 2.44. The number of rotatable bonds is 4. The minimum absolute atomic E-state index is 0.339. The van der Waals surface area contributed by atoms with Gasteiger partial charge in [0.25, 0.3) is 0 Å². The predicted octanol–water partition coefficient (Wildman–Crippen LogP) is 2.92. The first-order chi connectivity index (χ1) is 10.0. The van der Waals surface area contributed by atoms with E-state index in [0.717, 1.165) is 12.0 Å². The molecule has 0 saturated carbocycles. The van der Waals surface area contributed by atoms with Gasteiger partial charge in [-0.25, -0.2) is 9.59 Å². The lowest BCUT2D eigenvalue weighted by Crippen LogP contribution is -2.45. The van der Waals surface area contributed by atoms with Crippen LogP contribution in [-0.2, 0) is 9.53 Å². The molecule has 0 radical (unpaired) electrons. The number of allylic oxidation sites excluding steroid dienone is 1. The van der Waals surface area contributed by atoms with Gasteiger partial charge in [-0.15, -0.1) is 0 Å². The Morgan fingerprint density at radius 2 is 2.19 bits per heavy atom. The third-order valence-electron chi connectivity index (χ3n) is 3.11. The first kappa shape index (κ1) is 15.4. The van der Waals surface area contributed by atoms with Crippen molar-refractivity contribution in [1.29, 1.82) is 0 Å². The highest BCUT2D eigenvalue weighted by Gasteiger charge is 2.32.